The van der Waals surface area contributed by atoms with Crippen molar-refractivity contribution in [3.05, 3.63) is 51.5 Å². The second-order valence-corrected chi connectivity index (χ2v) is 5.93. The third-order valence-corrected chi connectivity index (χ3v) is 4.20. The van der Waals surface area contributed by atoms with Gasteiger partial charge in [-0.3, -0.25) is 0 Å². The Morgan fingerprint density at radius 2 is 2.14 bits per heavy atom. The molecule has 0 spiro atoms. The zero-order chi connectivity index (χ0) is 15.9. The van der Waals surface area contributed by atoms with E-state index in [4.69, 9.17) is 5.26 Å². The Bertz CT molecular complexity index is 672. The molecule has 1 atom stereocenters. The van der Waals surface area contributed by atoms with Crippen LogP contribution in [0.15, 0.2) is 29.6 Å². The molecule has 0 aliphatic heterocycles. The number of carbonyl (C=O) groups excluding carboxylic acids is 1. The molecule has 0 unspecified atom stereocenters. The molecule has 0 saturated heterocycles. The van der Waals surface area contributed by atoms with Crippen molar-refractivity contribution in [3.63, 3.8) is 0 Å². The lowest BCUT2D eigenvalue weighted by Crippen LogP contribution is -2.38. The minimum absolute atomic E-state index is 0.116. The number of nitriles is 1. The summed E-state index contributed by atoms with van der Waals surface area (Å²) in [5.74, 6) is 0. The van der Waals surface area contributed by atoms with Gasteiger partial charge in [0.25, 0.3) is 0 Å². The van der Waals surface area contributed by atoms with Gasteiger partial charge in [-0.2, -0.15) is 5.26 Å². The average molecular weight is 314 g/mol. The van der Waals surface area contributed by atoms with Crippen molar-refractivity contribution < 1.29 is 4.79 Å². The Hall–Kier alpha value is -2.39. The van der Waals surface area contributed by atoms with Gasteiger partial charge in [0.05, 0.1) is 22.7 Å². The SMILES string of the molecule is Cc1csc(CCNC(=O)N[C@H](C)c2ccc(C#N)cc2)n1. The Morgan fingerprint density at radius 3 is 2.73 bits per heavy atom. The summed E-state index contributed by atoms with van der Waals surface area (Å²) in [6.45, 7) is 4.42. The molecule has 1 aromatic heterocycles. The van der Waals surface area contributed by atoms with Gasteiger partial charge >= 0.3 is 6.03 Å². The van der Waals surface area contributed by atoms with E-state index in [1.807, 2.05) is 31.4 Å². The van der Waals surface area contributed by atoms with E-state index < -0.39 is 0 Å². The summed E-state index contributed by atoms with van der Waals surface area (Å²) in [6, 6.07) is 8.95. The Kier molecular flexibility index (Phi) is 5.50. The number of thiazole rings is 1. The molecule has 2 N–H and O–H groups in total. The van der Waals surface area contributed by atoms with E-state index in [0.717, 1.165) is 22.7 Å². The summed E-state index contributed by atoms with van der Waals surface area (Å²) in [7, 11) is 0. The van der Waals surface area contributed by atoms with Gasteiger partial charge in [0.2, 0.25) is 0 Å². The molecule has 0 fully saturated rings. The summed E-state index contributed by atoms with van der Waals surface area (Å²) in [4.78, 5) is 16.2. The van der Waals surface area contributed by atoms with Crippen LogP contribution in [-0.4, -0.2) is 17.6 Å². The van der Waals surface area contributed by atoms with E-state index in [-0.39, 0.29) is 12.1 Å². The zero-order valence-electron chi connectivity index (χ0n) is 12.6. The van der Waals surface area contributed by atoms with Crippen LogP contribution >= 0.6 is 11.3 Å². The van der Waals surface area contributed by atoms with Gasteiger partial charge in [0.1, 0.15) is 0 Å². The lowest BCUT2D eigenvalue weighted by molar-refractivity contribution is 0.238. The topological polar surface area (TPSA) is 77.8 Å². The molecule has 2 aromatic rings. The van der Waals surface area contributed by atoms with Crippen LogP contribution in [0.25, 0.3) is 0 Å². The van der Waals surface area contributed by atoms with Crippen molar-refractivity contribution in [1.82, 2.24) is 15.6 Å². The smallest absolute Gasteiger partial charge is 0.315 e. The largest absolute Gasteiger partial charge is 0.338 e. The molecule has 0 saturated carbocycles. The van der Waals surface area contributed by atoms with Crippen LogP contribution in [0, 0.1) is 18.3 Å². The van der Waals surface area contributed by atoms with Gasteiger partial charge in [-0.05, 0) is 31.5 Å². The molecular weight excluding hydrogens is 296 g/mol. The fraction of sp³-hybridized carbons (Fsp3) is 0.312. The van der Waals surface area contributed by atoms with E-state index in [0.29, 0.717) is 12.1 Å². The molecule has 0 bridgehead atoms. The van der Waals surface area contributed by atoms with Gasteiger partial charge in [0, 0.05) is 24.0 Å². The normalized spacial score (nSPS) is 11.5. The highest BCUT2D eigenvalue weighted by Crippen LogP contribution is 2.13. The number of hydrogen-bond donors (Lipinski definition) is 2. The monoisotopic (exact) mass is 314 g/mol. The van der Waals surface area contributed by atoms with Crippen LogP contribution in [-0.2, 0) is 6.42 Å². The van der Waals surface area contributed by atoms with Crippen LogP contribution < -0.4 is 10.6 Å². The molecule has 22 heavy (non-hydrogen) atoms. The number of aryl methyl sites for hydroxylation is 1. The standard InChI is InChI=1S/C16H18N4OS/c1-11-10-22-15(19-11)7-8-18-16(21)20-12(2)14-5-3-13(9-17)4-6-14/h3-6,10,12H,7-8H2,1-2H3,(H2,18,20,21)/t12-/m1/s1. The number of benzene rings is 1. The van der Waals surface area contributed by atoms with E-state index in [1.54, 1.807) is 23.5 Å². The second-order valence-electron chi connectivity index (χ2n) is 4.99. The van der Waals surface area contributed by atoms with Crippen molar-refractivity contribution in [1.29, 1.82) is 5.26 Å². The first kappa shape index (κ1) is 16.0. The summed E-state index contributed by atoms with van der Waals surface area (Å²) in [5, 5.41) is 17.5. The Morgan fingerprint density at radius 1 is 1.41 bits per heavy atom. The minimum atomic E-state index is -0.204. The molecular formula is C16H18N4OS. The highest BCUT2D eigenvalue weighted by molar-refractivity contribution is 7.09. The van der Waals surface area contributed by atoms with Crippen LogP contribution in [0.1, 0.15) is 34.8 Å². The summed E-state index contributed by atoms with van der Waals surface area (Å²) < 4.78 is 0. The molecule has 2 amide bonds. The summed E-state index contributed by atoms with van der Waals surface area (Å²) in [6.07, 6.45) is 0.733. The van der Waals surface area contributed by atoms with Gasteiger partial charge in [-0.1, -0.05) is 12.1 Å². The third-order valence-electron chi connectivity index (χ3n) is 3.18. The predicted octanol–water partition coefficient (Wildman–Crippen LogP) is 2.93. The lowest BCUT2D eigenvalue weighted by atomic mass is 10.1. The Labute approximate surface area is 134 Å². The fourth-order valence-electron chi connectivity index (χ4n) is 1.98. The summed E-state index contributed by atoms with van der Waals surface area (Å²) in [5.41, 5.74) is 2.59. The van der Waals surface area contributed by atoms with Crippen molar-refractivity contribution in [2.24, 2.45) is 0 Å². The van der Waals surface area contributed by atoms with Crippen molar-refractivity contribution >= 4 is 17.4 Å². The molecule has 0 aliphatic rings. The first-order chi connectivity index (χ1) is 10.6. The van der Waals surface area contributed by atoms with E-state index >= 15 is 0 Å². The van der Waals surface area contributed by atoms with Crippen LogP contribution in [0.3, 0.4) is 0 Å². The number of rotatable bonds is 5. The number of carbonyl (C=O) groups is 1. The fourth-order valence-corrected chi connectivity index (χ4v) is 2.75. The van der Waals surface area contributed by atoms with Crippen LogP contribution in [0.2, 0.25) is 0 Å². The lowest BCUT2D eigenvalue weighted by Gasteiger charge is -2.15. The van der Waals surface area contributed by atoms with E-state index in [9.17, 15) is 4.79 Å². The molecule has 2 rings (SSSR count). The van der Waals surface area contributed by atoms with Crippen LogP contribution in [0.4, 0.5) is 4.79 Å². The number of nitrogens with one attached hydrogen (secondary N) is 2. The van der Waals surface area contributed by atoms with E-state index in [1.165, 1.54) is 0 Å². The molecule has 6 heteroatoms. The maximum Gasteiger partial charge on any atom is 0.315 e. The molecule has 1 heterocycles. The third kappa shape index (κ3) is 4.57. The van der Waals surface area contributed by atoms with Gasteiger partial charge < -0.3 is 10.6 Å². The van der Waals surface area contributed by atoms with Crippen LogP contribution in [0.5, 0.6) is 0 Å². The maximum atomic E-state index is 11.9. The first-order valence-corrected chi connectivity index (χ1v) is 7.92. The minimum Gasteiger partial charge on any atom is -0.338 e. The number of hydrogen-bond acceptors (Lipinski definition) is 4. The quantitative estimate of drug-likeness (QED) is 0.890. The number of urea groups is 1. The highest BCUT2D eigenvalue weighted by atomic mass is 32.1. The highest BCUT2D eigenvalue weighted by Gasteiger charge is 2.09. The van der Waals surface area contributed by atoms with Gasteiger partial charge in [0.15, 0.2) is 0 Å². The second kappa shape index (κ2) is 7.57. The molecule has 0 radical (unpaired) electrons. The van der Waals surface area contributed by atoms with E-state index in [2.05, 4.69) is 21.7 Å². The molecule has 5 nitrogen and oxygen atoms in total. The predicted molar refractivity (Wildman–Crippen MR) is 86.7 cm³/mol. The number of aromatic nitrogens is 1. The van der Waals surface area contributed by atoms with Gasteiger partial charge in [-0.15, -0.1) is 11.3 Å². The van der Waals surface area contributed by atoms with Crippen molar-refractivity contribution in [2.75, 3.05) is 6.54 Å². The van der Waals surface area contributed by atoms with Crippen molar-refractivity contribution in [3.8, 4) is 6.07 Å². The molecule has 0 aliphatic carbocycles. The average Bonchev–Trinajstić information content (AvgIpc) is 2.92. The zero-order valence-corrected chi connectivity index (χ0v) is 13.4. The Balaban J connectivity index is 1.77. The van der Waals surface area contributed by atoms with Crippen molar-refractivity contribution in [2.45, 2.75) is 26.3 Å². The molecule has 1 aromatic carbocycles. The summed E-state index contributed by atoms with van der Waals surface area (Å²) >= 11 is 1.61. The number of nitrogens with zero attached hydrogens (tertiary/aromatic N) is 2. The molecule has 114 valence electrons. The number of amides is 2. The maximum absolute atomic E-state index is 11.9. The van der Waals surface area contributed by atoms with Gasteiger partial charge in [-0.25, -0.2) is 9.78 Å². The first-order valence-electron chi connectivity index (χ1n) is 7.04.